The van der Waals surface area contributed by atoms with Gasteiger partial charge in [0, 0.05) is 28.6 Å². The zero-order chi connectivity index (χ0) is 29.3. The molecule has 4 aliphatic rings. The van der Waals surface area contributed by atoms with Gasteiger partial charge in [-0.25, -0.2) is 0 Å². The van der Waals surface area contributed by atoms with Crippen LogP contribution in [0.4, 0.5) is 11.4 Å². The molecule has 0 aromatic heterocycles. The van der Waals surface area contributed by atoms with E-state index >= 15 is 0 Å². The molecule has 0 saturated heterocycles. The quantitative estimate of drug-likeness (QED) is 0.233. The lowest BCUT2D eigenvalue weighted by Gasteiger charge is -2.34. The maximum absolute atomic E-state index is 3.86. The third kappa shape index (κ3) is 4.97. The average molecular weight is 569 g/mol. The van der Waals surface area contributed by atoms with Gasteiger partial charge < -0.3 is 10.2 Å². The summed E-state index contributed by atoms with van der Waals surface area (Å²) in [5, 5.41) is 3.86. The van der Waals surface area contributed by atoms with Crippen molar-refractivity contribution in [2.24, 2.45) is 0 Å². The van der Waals surface area contributed by atoms with Gasteiger partial charge in [0.2, 0.25) is 0 Å². The maximum Gasteiger partial charge on any atom is 0.0664 e. The molecule has 4 aromatic carbocycles. The Balaban J connectivity index is 1.06. The number of nitrogens with zero attached hydrogens (tertiary/aromatic N) is 1. The Morgan fingerprint density at radius 1 is 0.636 bits per heavy atom. The van der Waals surface area contributed by atoms with E-state index in [0.29, 0.717) is 12.0 Å². The molecule has 8 rings (SSSR count). The fourth-order valence-electron chi connectivity index (χ4n) is 7.19. The molecular weight excluding hydrogens is 532 g/mol. The van der Waals surface area contributed by atoms with Crippen LogP contribution in [0.3, 0.4) is 0 Å². The summed E-state index contributed by atoms with van der Waals surface area (Å²) in [6.45, 7) is 0. The Bertz CT molecular complexity index is 1860. The fraction of sp³-hybridized carbons (Fsp3) is 0.143. The van der Waals surface area contributed by atoms with Gasteiger partial charge in [-0.1, -0.05) is 134 Å². The molecule has 2 heteroatoms. The highest BCUT2D eigenvalue weighted by atomic mass is 15.2. The average Bonchev–Trinajstić information content (AvgIpc) is 3.45. The molecule has 0 bridgehead atoms. The molecule has 2 nitrogen and oxygen atoms in total. The van der Waals surface area contributed by atoms with E-state index in [-0.39, 0.29) is 6.04 Å². The molecule has 3 aliphatic carbocycles. The van der Waals surface area contributed by atoms with Crippen molar-refractivity contribution in [2.45, 2.75) is 37.3 Å². The molecule has 44 heavy (non-hydrogen) atoms. The predicted molar refractivity (Wildman–Crippen MR) is 186 cm³/mol. The van der Waals surface area contributed by atoms with Crippen LogP contribution in [0.2, 0.25) is 0 Å². The molecule has 1 unspecified atom stereocenters. The molecule has 1 N–H and O–H groups in total. The highest BCUT2D eigenvalue weighted by molar-refractivity contribution is 5.96. The molecule has 1 aliphatic heterocycles. The van der Waals surface area contributed by atoms with E-state index in [0.717, 1.165) is 19.3 Å². The van der Waals surface area contributed by atoms with Gasteiger partial charge in [-0.3, -0.25) is 0 Å². The Hall–Kier alpha value is -5.08. The standard InChI is InChI=1S/C42H36N2/c1-3-11-30(12-4-1)32-23-27-37(28-24-32)44-40-19-8-7-17-38(40)42-39(18-10-20-41(42)44)43-36-25-21-33(22-26-36)35-16-9-15-34(29-35)31-13-5-2-6-14-31/h1-18,20-21,23-25,27-29,32,37,40,43H,19,22,26H2. The zero-order valence-electron chi connectivity index (χ0n) is 24.8. The summed E-state index contributed by atoms with van der Waals surface area (Å²) in [5.74, 6) is 0.334. The second-order valence-electron chi connectivity index (χ2n) is 12.1. The van der Waals surface area contributed by atoms with Crippen molar-refractivity contribution in [1.29, 1.82) is 0 Å². The van der Waals surface area contributed by atoms with E-state index in [2.05, 4.69) is 168 Å². The monoisotopic (exact) mass is 568 g/mol. The fourth-order valence-corrected chi connectivity index (χ4v) is 7.19. The third-order valence-corrected chi connectivity index (χ3v) is 9.40. The van der Waals surface area contributed by atoms with Crippen LogP contribution in [0.15, 0.2) is 164 Å². The van der Waals surface area contributed by atoms with Gasteiger partial charge in [-0.05, 0) is 76.9 Å². The van der Waals surface area contributed by atoms with Gasteiger partial charge >= 0.3 is 0 Å². The Morgan fingerprint density at radius 3 is 2.18 bits per heavy atom. The second-order valence-corrected chi connectivity index (χ2v) is 12.1. The normalized spacial score (nSPS) is 21.7. The van der Waals surface area contributed by atoms with Crippen molar-refractivity contribution in [2.75, 3.05) is 10.2 Å². The van der Waals surface area contributed by atoms with Crippen molar-refractivity contribution >= 4 is 22.5 Å². The SMILES string of the molecule is C1=CCC2C(=C1)c1c(NC3=CC=C(c4cccc(-c5ccccc5)c4)CC3)cccc1N2C1C=CC(c2ccccc2)C=C1. The number of allylic oxidation sites excluding steroid dienone is 8. The minimum atomic E-state index is 0.234. The molecule has 1 heterocycles. The first-order valence-corrected chi connectivity index (χ1v) is 15.8. The molecule has 0 saturated carbocycles. The van der Waals surface area contributed by atoms with E-state index < -0.39 is 0 Å². The van der Waals surface area contributed by atoms with Gasteiger partial charge in [0.1, 0.15) is 0 Å². The number of benzene rings is 4. The summed E-state index contributed by atoms with van der Waals surface area (Å²) in [5.41, 5.74) is 13.1. The van der Waals surface area contributed by atoms with Crippen molar-refractivity contribution in [3.8, 4) is 11.1 Å². The smallest absolute Gasteiger partial charge is 0.0664 e. The molecule has 4 aromatic rings. The van der Waals surface area contributed by atoms with Crippen molar-refractivity contribution < 1.29 is 0 Å². The summed E-state index contributed by atoms with van der Waals surface area (Å²) in [4.78, 5) is 2.62. The second kappa shape index (κ2) is 11.5. The number of nitrogens with one attached hydrogen (secondary N) is 1. The highest BCUT2D eigenvalue weighted by Crippen LogP contribution is 2.49. The lowest BCUT2D eigenvalue weighted by molar-refractivity contribution is 0.700. The molecule has 0 fully saturated rings. The minimum Gasteiger partial charge on any atom is -0.358 e. The van der Waals surface area contributed by atoms with Crippen LogP contribution in [-0.4, -0.2) is 12.1 Å². The van der Waals surface area contributed by atoms with E-state index in [1.54, 1.807) is 0 Å². The lowest BCUT2D eigenvalue weighted by Crippen LogP contribution is -2.39. The first-order chi connectivity index (χ1) is 21.8. The number of hydrogen-bond acceptors (Lipinski definition) is 2. The van der Waals surface area contributed by atoms with Crippen LogP contribution in [0.5, 0.6) is 0 Å². The zero-order valence-corrected chi connectivity index (χ0v) is 24.8. The van der Waals surface area contributed by atoms with Gasteiger partial charge in [0.05, 0.1) is 12.1 Å². The number of hydrogen-bond donors (Lipinski definition) is 1. The summed E-state index contributed by atoms with van der Waals surface area (Å²) in [6, 6.07) is 37.7. The van der Waals surface area contributed by atoms with E-state index in [1.807, 2.05) is 0 Å². The van der Waals surface area contributed by atoms with Crippen LogP contribution in [0, 0.1) is 0 Å². The Morgan fingerprint density at radius 2 is 1.39 bits per heavy atom. The first kappa shape index (κ1) is 26.5. The van der Waals surface area contributed by atoms with E-state index in [1.165, 1.54) is 56.0 Å². The van der Waals surface area contributed by atoms with E-state index in [4.69, 9.17) is 0 Å². The van der Waals surface area contributed by atoms with Crippen molar-refractivity contribution in [1.82, 2.24) is 0 Å². The third-order valence-electron chi connectivity index (χ3n) is 9.40. The van der Waals surface area contributed by atoms with E-state index in [9.17, 15) is 0 Å². The predicted octanol–water partition coefficient (Wildman–Crippen LogP) is 10.3. The van der Waals surface area contributed by atoms with Crippen LogP contribution in [0.1, 0.15) is 41.9 Å². The summed E-state index contributed by atoms with van der Waals surface area (Å²) >= 11 is 0. The van der Waals surface area contributed by atoms with Crippen molar-refractivity contribution in [3.63, 3.8) is 0 Å². The van der Waals surface area contributed by atoms with Gasteiger partial charge in [-0.2, -0.15) is 0 Å². The van der Waals surface area contributed by atoms with Gasteiger partial charge in [0.25, 0.3) is 0 Å². The Labute approximate surface area is 260 Å². The lowest BCUT2D eigenvalue weighted by atomic mass is 9.91. The van der Waals surface area contributed by atoms with Crippen LogP contribution < -0.4 is 10.2 Å². The largest absolute Gasteiger partial charge is 0.358 e. The first-order valence-electron chi connectivity index (χ1n) is 15.8. The number of anilines is 2. The van der Waals surface area contributed by atoms with Crippen molar-refractivity contribution in [3.05, 3.63) is 180 Å². The molecule has 0 radical (unpaired) electrons. The molecule has 0 amide bonds. The number of fused-ring (bicyclic) bond motifs is 3. The van der Waals surface area contributed by atoms with Crippen LogP contribution >= 0.6 is 0 Å². The topological polar surface area (TPSA) is 15.3 Å². The van der Waals surface area contributed by atoms with Gasteiger partial charge in [0.15, 0.2) is 0 Å². The molecule has 214 valence electrons. The highest BCUT2D eigenvalue weighted by Gasteiger charge is 2.38. The number of rotatable bonds is 6. The molecular formula is C42H36N2. The molecule has 1 atom stereocenters. The summed E-state index contributed by atoms with van der Waals surface area (Å²) in [6.07, 6.45) is 24.0. The maximum atomic E-state index is 3.86. The minimum absolute atomic E-state index is 0.234. The van der Waals surface area contributed by atoms with Gasteiger partial charge in [-0.15, -0.1) is 0 Å². The summed E-state index contributed by atoms with van der Waals surface area (Å²) < 4.78 is 0. The molecule has 0 spiro atoms. The van der Waals surface area contributed by atoms with Crippen LogP contribution in [-0.2, 0) is 0 Å². The Kier molecular flexibility index (Phi) is 6.96. The van der Waals surface area contributed by atoms with Crippen LogP contribution in [0.25, 0.3) is 22.3 Å². The summed E-state index contributed by atoms with van der Waals surface area (Å²) in [7, 11) is 0.